The van der Waals surface area contributed by atoms with Crippen LogP contribution >= 0.6 is 0 Å². The Bertz CT molecular complexity index is 1600. The van der Waals surface area contributed by atoms with Crippen molar-refractivity contribution in [2.45, 2.75) is 375 Å². The molecule has 0 saturated carbocycles. The zero-order chi connectivity index (χ0) is 61.9. The molecule has 85 heavy (non-hydrogen) atoms. The number of allylic oxidation sites excluding steroid dienone is 2. The average Bonchev–Trinajstić information content (AvgIpc) is 3.70. The monoisotopic (exact) mass is 1220 g/mol. The largest absolute Gasteiger partial charge is 0.394 e. The van der Waals surface area contributed by atoms with Crippen molar-refractivity contribution in [2.75, 3.05) is 26.4 Å². The first-order chi connectivity index (χ1) is 41.3. The quantitative estimate of drug-likeness (QED) is 0.0201. The Balaban J connectivity index is 1.29. The van der Waals surface area contributed by atoms with Crippen LogP contribution in [-0.4, -0.2) is 193 Å². The summed E-state index contributed by atoms with van der Waals surface area (Å²) >= 11 is 0. The van der Waals surface area contributed by atoms with Gasteiger partial charge in [0.2, 0.25) is 5.91 Å². The molecule has 3 aliphatic heterocycles. The number of aliphatic hydroxyl groups excluding tert-OH is 11. The second-order valence-corrected chi connectivity index (χ2v) is 25.0. The highest BCUT2D eigenvalue weighted by Crippen LogP contribution is 2.33. The van der Waals surface area contributed by atoms with E-state index in [1.54, 1.807) is 0 Å². The van der Waals surface area contributed by atoms with Gasteiger partial charge in [0, 0.05) is 6.42 Å². The number of amides is 1. The summed E-state index contributed by atoms with van der Waals surface area (Å²) < 4.78 is 34.2. The predicted octanol–water partition coefficient (Wildman–Crippen LogP) is 8.50. The molecule has 1 amide bonds. The van der Waals surface area contributed by atoms with Gasteiger partial charge in [0.15, 0.2) is 18.9 Å². The van der Waals surface area contributed by atoms with Gasteiger partial charge in [0.05, 0.1) is 38.6 Å². The van der Waals surface area contributed by atoms with Crippen LogP contribution in [0.25, 0.3) is 0 Å². The zero-order valence-electron chi connectivity index (χ0n) is 52.9. The smallest absolute Gasteiger partial charge is 0.220 e. The van der Waals surface area contributed by atoms with Gasteiger partial charge in [-0.15, -0.1) is 0 Å². The minimum Gasteiger partial charge on any atom is -0.394 e. The molecular weight excluding hydrogens is 1090 g/mol. The van der Waals surface area contributed by atoms with Crippen molar-refractivity contribution < 1.29 is 89.4 Å². The van der Waals surface area contributed by atoms with Gasteiger partial charge in [-0.25, -0.2) is 0 Å². The molecule has 3 fully saturated rings. The van der Waals surface area contributed by atoms with E-state index in [4.69, 9.17) is 28.4 Å². The Morgan fingerprint density at radius 3 is 1.14 bits per heavy atom. The number of nitrogens with one attached hydrogen (secondary N) is 1. The molecule has 17 atom stereocenters. The number of hydrogen-bond acceptors (Lipinski definition) is 18. The van der Waals surface area contributed by atoms with E-state index >= 15 is 0 Å². The van der Waals surface area contributed by atoms with Crippen LogP contribution in [0.3, 0.4) is 0 Å². The lowest BCUT2D eigenvalue weighted by atomic mass is 9.96. The van der Waals surface area contributed by atoms with E-state index < -0.39 is 124 Å². The fourth-order valence-corrected chi connectivity index (χ4v) is 12.0. The van der Waals surface area contributed by atoms with E-state index in [-0.39, 0.29) is 18.9 Å². The molecule has 3 aliphatic rings. The van der Waals surface area contributed by atoms with E-state index in [0.717, 1.165) is 57.8 Å². The molecule has 3 saturated heterocycles. The van der Waals surface area contributed by atoms with Gasteiger partial charge < -0.3 is 89.9 Å². The third-order valence-electron chi connectivity index (χ3n) is 17.6. The number of ether oxygens (including phenoxy) is 6. The molecule has 19 nitrogen and oxygen atoms in total. The lowest BCUT2D eigenvalue weighted by molar-refractivity contribution is -0.379. The first-order valence-corrected chi connectivity index (χ1v) is 34.4. The van der Waals surface area contributed by atoms with Crippen molar-refractivity contribution >= 4 is 5.91 Å². The summed E-state index contributed by atoms with van der Waals surface area (Å²) in [6.45, 7) is 1.75. The maximum atomic E-state index is 13.3. The number of carbonyl (C=O) groups is 1. The second kappa shape index (κ2) is 49.3. The molecule has 3 heterocycles. The fraction of sp³-hybridized carbons (Fsp3) is 0.955. The summed E-state index contributed by atoms with van der Waals surface area (Å²) in [4.78, 5) is 13.3. The summed E-state index contributed by atoms with van der Waals surface area (Å²) in [6.07, 6.45) is 26.6. The Morgan fingerprint density at radius 1 is 0.412 bits per heavy atom. The Morgan fingerprint density at radius 2 is 0.741 bits per heavy atom. The summed E-state index contributed by atoms with van der Waals surface area (Å²) in [5.74, 6) is -0.242. The molecule has 17 unspecified atom stereocenters. The van der Waals surface area contributed by atoms with Gasteiger partial charge in [-0.05, 0) is 38.5 Å². The third kappa shape index (κ3) is 31.9. The van der Waals surface area contributed by atoms with Crippen LogP contribution in [0.15, 0.2) is 12.2 Å². The van der Waals surface area contributed by atoms with Gasteiger partial charge in [-0.3, -0.25) is 4.79 Å². The van der Waals surface area contributed by atoms with Crippen LogP contribution in [-0.2, 0) is 33.2 Å². The van der Waals surface area contributed by atoms with Gasteiger partial charge in [-0.1, -0.05) is 238 Å². The standard InChI is InChI=1S/C66H125NO18/c1-3-5-7-9-11-12-13-14-15-16-17-18-19-20-21-22-23-24-25-26-27-28-29-30-31-32-33-34-35-36-38-40-42-44-54(72)67-49(50(71)43-41-39-37-10-8-6-4-2)48-80-64-60(78)57(75)62(52(46-69)82-64)85-66-61(79)58(76)63(53(47-70)83-66)84-65-59(77)56(74)55(73)51(45-68)81-65/h16-17,49-53,55-66,68-71,73-79H,3-15,18-48H2,1-2H3,(H,67,72)/b17-16-. The summed E-state index contributed by atoms with van der Waals surface area (Å²) in [5, 5.41) is 120. The van der Waals surface area contributed by atoms with E-state index in [1.165, 1.54) is 180 Å². The molecule has 0 aromatic rings. The van der Waals surface area contributed by atoms with Crippen LogP contribution < -0.4 is 5.32 Å². The Hall–Kier alpha value is -1.47. The van der Waals surface area contributed by atoms with Gasteiger partial charge in [0.25, 0.3) is 0 Å². The van der Waals surface area contributed by atoms with Gasteiger partial charge in [-0.2, -0.15) is 0 Å². The number of carbonyl (C=O) groups excluding carboxylic acids is 1. The number of unbranched alkanes of at least 4 members (excludes halogenated alkanes) is 35. The normalized spacial score (nSPS) is 29.0. The first kappa shape index (κ1) is 77.8. The molecule has 502 valence electrons. The maximum Gasteiger partial charge on any atom is 0.220 e. The van der Waals surface area contributed by atoms with Crippen molar-refractivity contribution in [1.82, 2.24) is 5.32 Å². The lowest BCUT2D eigenvalue weighted by Crippen LogP contribution is -2.66. The van der Waals surface area contributed by atoms with E-state index in [1.807, 2.05) is 0 Å². The molecule has 19 heteroatoms. The number of aliphatic hydroxyl groups is 11. The molecule has 0 bridgehead atoms. The molecule has 12 N–H and O–H groups in total. The highest BCUT2D eigenvalue weighted by Gasteiger charge is 2.53. The van der Waals surface area contributed by atoms with Crippen LogP contribution in [0.4, 0.5) is 0 Å². The minimum atomic E-state index is -1.97. The highest BCUT2D eigenvalue weighted by atomic mass is 16.8. The van der Waals surface area contributed by atoms with Crippen LogP contribution in [0.5, 0.6) is 0 Å². The van der Waals surface area contributed by atoms with Crippen LogP contribution in [0.2, 0.25) is 0 Å². The first-order valence-electron chi connectivity index (χ1n) is 34.4. The molecule has 3 rings (SSSR count). The highest BCUT2D eigenvalue weighted by molar-refractivity contribution is 5.76. The number of rotatable bonds is 53. The summed E-state index contributed by atoms with van der Waals surface area (Å²) in [5.41, 5.74) is 0. The minimum absolute atomic E-state index is 0.242. The molecule has 0 aromatic heterocycles. The molecular formula is C66H125NO18. The summed E-state index contributed by atoms with van der Waals surface area (Å²) in [6, 6.07) is -0.880. The average molecular weight is 1220 g/mol. The third-order valence-corrected chi connectivity index (χ3v) is 17.6. The maximum absolute atomic E-state index is 13.3. The molecule has 0 spiro atoms. The van der Waals surface area contributed by atoms with E-state index in [0.29, 0.717) is 12.8 Å². The van der Waals surface area contributed by atoms with Gasteiger partial charge >= 0.3 is 0 Å². The molecule has 0 radical (unpaired) electrons. The second-order valence-electron chi connectivity index (χ2n) is 25.0. The topological polar surface area (TPSA) is 307 Å². The zero-order valence-corrected chi connectivity index (χ0v) is 52.9. The van der Waals surface area contributed by atoms with Crippen LogP contribution in [0.1, 0.15) is 271 Å². The fourth-order valence-electron chi connectivity index (χ4n) is 12.0. The van der Waals surface area contributed by atoms with E-state index in [2.05, 4.69) is 31.3 Å². The summed E-state index contributed by atoms with van der Waals surface area (Å²) in [7, 11) is 0. The van der Waals surface area contributed by atoms with E-state index in [9.17, 15) is 61.0 Å². The van der Waals surface area contributed by atoms with Crippen molar-refractivity contribution in [3.8, 4) is 0 Å². The molecule has 0 aromatic carbocycles. The SMILES string of the molecule is CCCCCCCCCC/C=C\CCCCCCCCCCCCCCCCCCCCCCCC(=O)NC(COC1OC(CO)C(OC2OC(CO)C(OC3OC(CO)C(O)C(O)C3O)C(O)C2O)C(O)C1O)C(O)CCCCCCCCC. The van der Waals surface area contributed by atoms with Crippen molar-refractivity contribution in [2.24, 2.45) is 0 Å². The number of hydrogen-bond donors (Lipinski definition) is 12. The predicted molar refractivity (Wildman–Crippen MR) is 328 cm³/mol. The Kier molecular flexibility index (Phi) is 45.1. The van der Waals surface area contributed by atoms with Crippen molar-refractivity contribution in [1.29, 1.82) is 0 Å². The van der Waals surface area contributed by atoms with Crippen LogP contribution in [0, 0.1) is 0 Å². The Labute approximate surface area is 512 Å². The van der Waals surface area contributed by atoms with Crippen molar-refractivity contribution in [3.63, 3.8) is 0 Å². The lowest BCUT2D eigenvalue weighted by Gasteiger charge is -2.48. The van der Waals surface area contributed by atoms with Crippen molar-refractivity contribution in [3.05, 3.63) is 12.2 Å². The molecule has 0 aliphatic carbocycles. The van der Waals surface area contributed by atoms with Gasteiger partial charge in [0.1, 0.15) is 73.2 Å².